The van der Waals surface area contributed by atoms with Crippen LogP contribution in [0.4, 0.5) is 0 Å². The van der Waals surface area contributed by atoms with Gasteiger partial charge in [-0.3, -0.25) is 4.79 Å². The third-order valence-corrected chi connectivity index (χ3v) is 3.29. The van der Waals surface area contributed by atoms with E-state index in [1.807, 2.05) is 24.3 Å². The van der Waals surface area contributed by atoms with Crippen molar-refractivity contribution >= 4 is 5.97 Å². The summed E-state index contributed by atoms with van der Waals surface area (Å²) in [5.41, 5.74) is 0.513. The summed E-state index contributed by atoms with van der Waals surface area (Å²) >= 11 is 0. The number of aliphatic carboxylic acids is 1. The van der Waals surface area contributed by atoms with Crippen LogP contribution in [0.15, 0.2) is 24.3 Å². The van der Waals surface area contributed by atoms with Crippen LogP contribution in [0.5, 0.6) is 0 Å². The molecule has 0 saturated heterocycles. The molecule has 0 heterocycles. The minimum atomic E-state index is -1.34. The van der Waals surface area contributed by atoms with Gasteiger partial charge in [-0.15, -0.1) is 0 Å². The van der Waals surface area contributed by atoms with Gasteiger partial charge in [0.2, 0.25) is 0 Å². The summed E-state index contributed by atoms with van der Waals surface area (Å²) in [6, 6.07) is 7.51. The molecule has 2 atom stereocenters. The Morgan fingerprint density at radius 1 is 1.35 bits per heavy atom. The number of benzene rings is 1. The van der Waals surface area contributed by atoms with Gasteiger partial charge in [0, 0.05) is 0 Å². The molecule has 0 spiro atoms. The Bertz CT molecular complexity index is 379. The summed E-state index contributed by atoms with van der Waals surface area (Å²) in [6.07, 6.45) is 2.07. The molecule has 0 fully saturated rings. The molecule has 0 radical (unpaired) electrons. The molecular formula is C14H20O3. The molecule has 2 N–H and O–H groups in total. The molecule has 0 aliphatic rings. The summed E-state index contributed by atoms with van der Waals surface area (Å²) in [5.74, 6) is -1.83. The molecule has 0 aromatic heterocycles. The highest BCUT2D eigenvalue weighted by Gasteiger charge is 2.35. The van der Waals surface area contributed by atoms with Gasteiger partial charge in [0.15, 0.2) is 0 Å². The molecule has 1 aromatic rings. The molecule has 0 aliphatic heterocycles. The van der Waals surface area contributed by atoms with Crippen molar-refractivity contribution in [1.82, 2.24) is 0 Å². The highest BCUT2D eigenvalue weighted by molar-refractivity contribution is 5.71. The first kappa shape index (κ1) is 13.7. The first-order valence-corrected chi connectivity index (χ1v) is 5.94. The van der Waals surface area contributed by atoms with Crippen molar-refractivity contribution in [3.63, 3.8) is 0 Å². The third kappa shape index (κ3) is 3.07. The predicted octanol–water partition coefficient (Wildman–Crippen LogP) is 2.57. The average Bonchev–Trinajstić information content (AvgIpc) is 2.29. The number of carbonyl (C=O) groups is 1. The van der Waals surface area contributed by atoms with Crippen LogP contribution in [-0.4, -0.2) is 16.2 Å². The minimum Gasteiger partial charge on any atom is -0.481 e. The minimum absolute atomic E-state index is 0.646. The summed E-state index contributed by atoms with van der Waals surface area (Å²) in [5, 5.41) is 19.2. The van der Waals surface area contributed by atoms with Crippen LogP contribution in [-0.2, 0) is 16.8 Å². The smallest absolute Gasteiger partial charge is 0.309 e. The van der Waals surface area contributed by atoms with Crippen LogP contribution in [0.2, 0.25) is 0 Å². The Kier molecular flexibility index (Phi) is 4.29. The average molecular weight is 236 g/mol. The standard InChI is InChI=1S/C14H20O3/c1-4-5-11-6-8-12(9-7-11)14(3,17)10(2)13(15)16/h6-10,17H,4-5H2,1-3H3,(H,15,16). The second-order valence-corrected chi connectivity index (χ2v) is 4.65. The molecule has 0 bridgehead atoms. The molecule has 3 heteroatoms. The summed E-state index contributed by atoms with van der Waals surface area (Å²) < 4.78 is 0. The second-order valence-electron chi connectivity index (χ2n) is 4.65. The summed E-state index contributed by atoms with van der Waals surface area (Å²) in [4.78, 5) is 10.9. The van der Waals surface area contributed by atoms with Gasteiger partial charge in [0.1, 0.15) is 0 Å². The van der Waals surface area contributed by atoms with E-state index in [1.54, 1.807) is 6.92 Å². The molecule has 3 nitrogen and oxygen atoms in total. The first-order valence-electron chi connectivity index (χ1n) is 5.94. The topological polar surface area (TPSA) is 57.5 Å². The number of rotatable bonds is 5. The molecule has 94 valence electrons. The molecule has 2 unspecified atom stereocenters. The lowest BCUT2D eigenvalue weighted by Crippen LogP contribution is -2.35. The van der Waals surface area contributed by atoms with E-state index in [9.17, 15) is 9.90 Å². The molecule has 0 amide bonds. The Labute approximate surface area is 102 Å². The van der Waals surface area contributed by atoms with Crippen molar-refractivity contribution in [2.24, 2.45) is 5.92 Å². The van der Waals surface area contributed by atoms with Gasteiger partial charge in [0.25, 0.3) is 0 Å². The van der Waals surface area contributed by atoms with Crippen molar-refractivity contribution in [3.05, 3.63) is 35.4 Å². The van der Waals surface area contributed by atoms with Gasteiger partial charge >= 0.3 is 5.97 Å². The molecule has 0 aliphatic carbocycles. The van der Waals surface area contributed by atoms with Gasteiger partial charge in [-0.1, -0.05) is 37.6 Å². The van der Waals surface area contributed by atoms with Crippen LogP contribution < -0.4 is 0 Å². The van der Waals surface area contributed by atoms with E-state index in [-0.39, 0.29) is 0 Å². The van der Waals surface area contributed by atoms with E-state index in [1.165, 1.54) is 12.5 Å². The zero-order chi connectivity index (χ0) is 13.1. The number of hydrogen-bond donors (Lipinski definition) is 2. The molecule has 0 saturated carbocycles. The van der Waals surface area contributed by atoms with Crippen LogP contribution in [0.25, 0.3) is 0 Å². The largest absolute Gasteiger partial charge is 0.481 e. The maximum Gasteiger partial charge on any atom is 0.309 e. The van der Waals surface area contributed by atoms with Crippen molar-refractivity contribution in [2.45, 2.75) is 39.2 Å². The second kappa shape index (κ2) is 5.32. The van der Waals surface area contributed by atoms with Gasteiger partial charge < -0.3 is 10.2 Å². The van der Waals surface area contributed by atoms with Crippen molar-refractivity contribution in [3.8, 4) is 0 Å². The lowest BCUT2D eigenvalue weighted by atomic mass is 9.83. The van der Waals surface area contributed by atoms with Crippen LogP contribution in [0.1, 0.15) is 38.3 Å². The molecular weight excluding hydrogens is 216 g/mol. The zero-order valence-corrected chi connectivity index (χ0v) is 10.6. The quantitative estimate of drug-likeness (QED) is 0.826. The van der Waals surface area contributed by atoms with Gasteiger partial charge in [-0.05, 0) is 31.4 Å². The lowest BCUT2D eigenvalue weighted by molar-refractivity contribution is -0.150. The Balaban J connectivity index is 2.95. The highest BCUT2D eigenvalue weighted by atomic mass is 16.4. The zero-order valence-electron chi connectivity index (χ0n) is 10.6. The fraction of sp³-hybridized carbons (Fsp3) is 0.500. The highest BCUT2D eigenvalue weighted by Crippen LogP contribution is 2.29. The third-order valence-electron chi connectivity index (χ3n) is 3.29. The van der Waals surface area contributed by atoms with Crippen molar-refractivity contribution in [2.75, 3.05) is 0 Å². The van der Waals surface area contributed by atoms with E-state index in [0.29, 0.717) is 5.56 Å². The van der Waals surface area contributed by atoms with Crippen LogP contribution in [0.3, 0.4) is 0 Å². The molecule has 1 rings (SSSR count). The maximum atomic E-state index is 10.9. The summed E-state index contributed by atoms with van der Waals surface area (Å²) in [6.45, 7) is 5.17. The Morgan fingerprint density at radius 3 is 2.29 bits per heavy atom. The van der Waals surface area contributed by atoms with E-state index in [2.05, 4.69) is 6.92 Å². The fourth-order valence-corrected chi connectivity index (χ4v) is 1.79. The summed E-state index contributed by atoms with van der Waals surface area (Å²) in [7, 11) is 0. The Morgan fingerprint density at radius 2 is 1.88 bits per heavy atom. The number of carboxylic acid groups (broad SMARTS) is 1. The number of aryl methyl sites for hydroxylation is 1. The van der Waals surface area contributed by atoms with Crippen LogP contribution in [0, 0.1) is 5.92 Å². The van der Waals surface area contributed by atoms with Gasteiger partial charge in [-0.25, -0.2) is 0 Å². The van der Waals surface area contributed by atoms with Crippen molar-refractivity contribution in [1.29, 1.82) is 0 Å². The molecule has 17 heavy (non-hydrogen) atoms. The van der Waals surface area contributed by atoms with Gasteiger partial charge in [-0.2, -0.15) is 0 Å². The number of hydrogen-bond acceptors (Lipinski definition) is 2. The number of carboxylic acids is 1. The van der Waals surface area contributed by atoms with E-state index < -0.39 is 17.5 Å². The van der Waals surface area contributed by atoms with E-state index in [4.69, 9.17) is 5.11 Å². The SMILES string of the molecule is CCCc1ccc(C(C)(O)C(C)C(=O)O)cc1. The van der Waals surface area contributed by atoms with E-state index >= 15 is 0 Å². The van der Waals surface area contributed by atoms with E-state index in [0.717, 1.165) is 12.8 Å². The first-order chi connectivity index (χ1) is 7.89. The van der Waals surface area contributed by atoms with Crippen molar-refractivity contribution < 1.29 is 15.0 Å². The Hall–Kier alpha value is -1.35. The van der Waals surface area contributed by atoms with Gasteiger partial charge in [0.05, 0.1) is 11.5 Å². The maximum absolute atomic E-state index is 10.9. The van der Waals surface area contributed by atoms with Crippen LogP contribution >= 0.6 is 0 Å². The fourth-order valence-electron chi connectivity index (χ4n) is 1.79. The molecule has 1 aromatic carbocycles. The monoisotopic (exact) mass is 236 g/mol. The number of aliphatic hydroxyl groups is 1. The lowest BCUT2D eigenvalue weighted by Gasteiger charge is -2.28. The normalized spacial score (nSPS) is 16.2. The predicted molar refractivity (Wildman–Crippen MR) is 66.8 cm³/mol.